The fourth-order valence-corrected chi connectivity index (χ4v) is 2.93. The first-order valence-electron chi connectivity index (χ1n) is 4.55. The van der Waals surface area contributed by atoms with E-state index in [9.17, 15) is 13.2 Å². The molecule has 0 amide bonds. The highest BCUT2D eigenvalue weighted by atomic mass is 32.2. The predicted octanol–water partition coefficient (Wildman–Crippen LogP) is 0.687. The Bertz CT molecular complexity index is 345. The number of carbonyl (C=O) groups is 1. The number of hydrogen-bond donors (Lipinski definition) is 1. The second-order valence-electron chi connectivity index (χ2n) is 3.60. The third-order valence-electron chi connectivity index (χ3n) is 2.10. The van der Waals surface area contributed by atoms with Crippen molar-refractivity contribution in [3.8, 4) is 0 Å². The summed E-state index contributed by atoms with van der Waals surface area (Å²) in [5.74, 6) is -1.42. The van der Waals surface area contributed by atoms with E-state index in [4.69, 9.17) is 5.11 Å². The van der Waals surface area contributed by atoms with Gasteiger partial charge in [-0.25, -0.2) is 8.42 Å². The first-order valence-corrected chi connectivity index (χ1v) is 6.15. The SMILES string of the molecule is C=CCS(=O)(=O)N(CC)C(C)(C)C(=O)O. The summed E-state index contributed by atoms with van der Waals surface area (Å²) in [6.07, 6.45) is 1.25. The van der Waals surface area contributed by atoms with Crippen molar-refractivity contribution in [2.45, 2.75) is 26.3 Å². The maximum absolute atomic E-state index is 11.7. The van der Waals surface area contributed by atoms with E-state index in [0.29, 0.717) is 0 Å². The topological polar surface area (TPSA) is 74.7 Å². The van der Waals surface area contributed by atoms with Crippen LogP contribution in [0, 0.1) is 0 Å². The van der Waals surface area contributed by atoms with Crippen molar-refractivity contribution in [3.05, 3.63) is 12.7 Å². The van der Waals surface area contributed by atoms with Crippen LogP contribution < -0.4 is 0 Å². The van der Waals surface area contributed by atoms with Crippen molar-refractivity contribution in [2.75, 3.05) is 12.3 Å². The van der Waals surface area contributed by atoms with Gasteiger partial charge >= 0.3 is 5.97 Å². The van der Waals surface area contributed by atoms with Crippen molar-refractivity contribution in [1.29, 1.82) is 0 Å². The zero-order chi connectivity index (χ0) is 12.3. The molecule has 0 aromatic heterocycles. The van der Waals surface area contributed by atoms with Crippen LogP contribution in [-0.2, 0) is 14.8 Å². The van der Waals surface area contributed by atoms with E-state index in [1.807, 2.05) is 0 Å². The second-order valence-corrected chi connectivity index (χ2v) is 5.53. The van der Waals surface area contributed by atoms with E-state index in [1.54, 1.807) is 6.92 Å². The summed E-state index contributed by atoms with van der Waals surface area (Å²) < 4.78 is 24.4. The molecule has 0 saturated carbocycles. The molecule has 0 aromatic carbocycles. The molecule has 0 bridgehead atoms. The van der Waals surface area contributed by atoms with Gasteiger partial charge < -0.3 is 5.11 Å². The molecule has 0 aliphatic carbocycles. The van der Waals surface area contributed by atoms with Crippen LogP contribution in [0.5, 0.6) is 0 Å². The van der Waals surface area contributed by atoms with Gasteiger partial charge in [-0.1, -0.05) is 13.0 Å². The van der Waals surface area contributed by atoms with Gasteiger partial charge in [0.15, 0.2) is 0 Å². The maximum Gasteiger partial charge on any atom is 0.324 e. The fraction of sp³-hybridized carbons (Fsp3) is 0.667. The predicted molar refractivity (Wildman–Crippen MR) is 58.1 cm³/mol. The van der Waals surface area contributed by atoms with Gasteiger partial charge in [0.05, 0.1) is 5.75 Å². The maximum atomic E-state index is 11.7. The zero-order valence-electron chi connectivity index (χ0n) is 9.23. The zero-order valence-corrected chi connectivity index (χ0v) is 10.0. The third kappa shape index (κ3) is 3.04. The van der Waals surface area contributed by atoms with Crippen molar-refractivity contribution < 1.29 is 18.3 Å². The highest BCUT2D eigenvalue weighted by molar-refractivity contribution is 7.89. The minimum absolute atomic E-state index is 0.121. The number of hydrogen-bond acceptors (Lipinski definition) is 3. The van der Waals surface area contributed by atoms with E-state index in [1.165, 1.54) is 19.9 Å². The van der Waals surface area contributed by atoms with Gasteiger partial charge in [0.25, 0.3) is 0 Å². The van der Waals surface area contributed by atoms with Crippen molar-refractivity contribution in [1.82, 2.24) is 4.31 Å². The molecule has 15 heavy (non-hydrogen) atoms. The molecule has 0 aliphatic rings. The first-order chi connectivity index (χ1) is 6.70. The number of likely N-dealkylation sites (N-methyl/N-ethyl adjacent to an activating group) is 1. The molecule has 0 radical (unpaired) electrons. The second kappa shape index (κ2) is 4.76. The molecular weight excluding hydrogens is 218 g/mol. The number of carboxylic acids is 1. The number of nitrogens with zero attached hydrogens (tertiary/aromatic N) is 1. The molecule has 1 N–H and O–H groups in total. The number of carboxylic acid groups (broad SMARTS) is 1. The lowest BCUT2D eigenvalue weighted by atomic mass is 10.1. The van der Waals surface area contributed by atoms with E-state index >= 15 is 0 Å². The summed E-state index contributed by atoms with van der Waals surface area (Å²) in [7, 11) is -3.59. The Hall–Kier alpha value is -0.880. The van der Waals surface area contributed by atoms with Crippen LogP contribution in [0.2, 0.25) is 0 Å². The highest BCUT2D eigenvalue weighted by Gasteiger charge is 2.40. The number of sulfonamides is 1. The standard InChI is InChI=1S/C9H17NO4S/c1-5-7-15(13,14)10(6-2)9(3,4)8(11)12/h5H,1,6-7H2,2-4H3,(H,11,12). The molecule has 0 unspecified atom stereocenters. The van der Waals surface area contributed by atoms with Crippen LogP contribution in [0.25, 0.3) is 0 Å². The van der Waals surface area contributed by atoms with Gasteiger partial charge in [0, 0.05) is 6.54 Å². The van der Waals surface area contributed by atoms with E-state index in [-0.39, 0.29) is 12.3 Å². The smallest absolute Gasteiger partial charge is 0.324 e. The molecule has 0 atom stereocenters. The normalized spacial score (nSPS) is 12.8. The molecule has 0 fully saturated rings. The summed E-state index contributed by atoms with van der Waals surface area (Å²) in [6.45, 7) is 7.78. The minimum Gasteiger partial charge on any atom is -0.480 e. The van der Waals surface area contributed by atoms with Crippen LogP contribution in [0.15, 0.2) is 12.7 Å². The first kappa shape index (κ1) is 14.1. The van der Waals surface area contributed by atoms with Crippen LogP contribution in [0.3, 0.4) is 0 Å². The Morgan fingerprint density at radius 3 is 2.27 bits per heavy atom. The van der Waals surface area contributed by atoms with Crippen molar-refractivity contribution in [3.63, 3.8) is 0 Å². The molecule has 0 heterocycles. The molecule has 0 spiro atoms. The van der Waals surface area contributed by atoms with Gasteiger partial charge in [-0.15, -0.1) is 6.58 Å². The number of aliphatic carboxylic acids is 1. The minimum atomic E-state index is -3.59. The molecule has 88 valence electrons. The molecule has 0 rings (SSSR count). The Balaban J connectivity index is 5.26. The lowest BCUT2D eigenvalue weighted by Crippen LogP contribution is -2.53. The van der Waals surface area contributed by atoms with E-state index < -0.39 is 21.5 Å². The highest BCUT2D eigenvalue weighted by Crippen LogP contribution is 2.19. The number of rotatable bonds is 6. The van der Waals surface area contributed by atoms with Crippen molar-refractivity contribution in [2.24, 2.45) is 0 Å². The third-order valence-corrected chi connectivity index (χ3v) is 4.14. The van der Waals surface area contributed by atoms with Gasteiger partial charge in [-0.2, -0.15) is 4.31 Å². The summed E-state index contributed by atoms with van der Waals surface area (Å²) in [5.41, 5.74) is -1.43. The average molecular weight is 235 g/mol. The molecule has 0 aromatic rings. The molecule has 6 heteroatoms. The summed E-state index contributed by atoms with van der Waals surface area (Å²) in [4.78, 5) is 10.9. The Kier molecular flexibility index (Phi) is 4.48. The molecule has 0 saturated heterocycles. The largest absolute Gasteiger partial charge is 0.480 e. The molecular formula is C9H17NO4S. The van der Waals surface area contributed by atoms with Gasteiger partial charge in [-0.05, 0) is 13.8 Å². The van der Waals surface area contributed by atoms with E-state index in [0.717, 1.165) is 4.31 Å². The van der Waals surface area contributed by atoms with Gasteiger partial charge in [0.1, 0.15) is 5.54 Å². The van der Waals surface area contributed by atoms with E-state index in [2.05, 4.69) is 6.58 Å². The lowest BCUT2D eigenvalue weighted by Gasteiger charge is -2.32. The summed E-state index contributed by atoms with van der Waals surface area (Å²) in [5, 5.41) is 8.94. The fourth-order valence-electron chi connectivity index (χ4n) is 1.29. The average Bonchev–Trinajstić information content (AvgIpc) is 2.03. The van der Waals surface area contributed by atoms with Crippen LogP contribution >= 0.6 is 0 Å². The summed E-state index contributed by atoms with van der Waals surface area (Å²) >= 11 is 0. The molecule has 5 nitrogen and oxygen atoms in total. The Labute approximate surface area is 90.4 Å². The monoisotopic (exact) mass is 235 g/mol. The Morgan fingerprint density at radius 1 is 1.53 bits per heavy atom. The van der Waals surface area contributed by atoms with Crippen LogP contribution in [0.4, 0.5) is 0 Å². The Morgan fingerprint density at radius 2 is 2.00 bits per heavy atom. The molecule has 0 aliphatic heterocycles. The van der Waals surface area contributed by atoms with Gasteiger partial charge in [0.2, 0.25) is 10.0 Å². The summed E-state index contributed by atoms with van der Waals surface area (Å²) in [6, 6.07) is 0. The van der Waals surface area contributed by atoms with Crippen LogP contribution in [0.1, 0.15) is 20.8 Å². The lowest BCUT2D eigenvalue weighted by molar-refractivity contribution is -0.146. The van der Waals surface area contributed by atoms with Crippen molar-refractivity contribution >= 4 is 16.0 Å². The van der Waals surface area contributed by atoms with Crippen LogP contribution in [-0.4, -0.2) is 41.6 Å². The van der Waals surface area contributed by atoms with Gasteiger partial charge in [-0.3, -0.25) is 4.79 Å². The quantitative estimate of drug-likeness (QED) is 0.687.